The number of hydrogen-bond acceptors (Lipinski definition) is 2. The Kier molecular flexibility index (Phi) is 3.99. The summed E-state index contributed by atoms with van der Waals surface area (Å²) in [7, 11) is 4.09. The van der Waals surface area contributed by atoms with Crippen LogP contribution in [0.25, 0.3) is 0 Å². The van der Waals surface area contributed by atoms with Crippen molar-refractivity contribution in [2.75, 3.05) is 7.05 Å². The molecule has 1 aromatic rings. The molecular formula is C13H23N3. The Labute approximate surface area is 98.2 Å². The van der Waals surface area contributed by atoms with E-state index in [2.05, 4.69) is 22.1 Å². The lowest BCUT2D eigenvalue weighted by Crippen LogP contribution is -2.12. The van der Waals surface area contributed by atoms with Crippen LogP contribution in [0.15, 0.2) is 6.20 Å². The monoisotopic (exact) mass is 221 g/mol. The van der Waals surface area contributed by atoms with Gasteiger partial charge in [0.1, 0.15) is 0 Å². The first kappa shape index (κ1) is 11.6. The Morgan fingerprint density at radius 2 is 2.00 bits per heavy atom. The molecule has 90 valence electrons. The maximum absolute atomic E-state index is 4.42. The average molecular weight is 221 g/mol. The van der Waals surface area contributed by atoms with Crippen LogP contribution in [-0.2, 0) is 13.6 Å². The second-order valence-electron chi connectivity index (χ2n) is 4.90. The van der Waals surface area contributed by atoms with Gasteiger partial charge in [-0.15, -0.1) is 0 Å². The molecule has 1 aliphatic carbocycles. The molecule has 0 aromatic carbocycles. The van der Waals surface area contributed by atoms with Crippen LogP contribution < -0.4 is 5.32 Å². The van der Waals surface area contributed by atoms with Crippen molar-refractivity contribution in [3.63, 3.8) is 0 Å². The number of hydrogen-bond donors (Lipinski definition) is 1. The van der Waals surface area contributed by atoms with E-state index in [1.165, 1.54) is 49.8 Å². The molecule has 0 bridgehead atoms. The molecule has 0 unspecified atom stereocenters. The number of aromatic nitrogens is 2. The molecule has 1 fully saturated rings. The highest BCUT2D eigenvalue weighted by molar-refractivity contribution is 5.22. The molecule has 0 atom stereocenters. The summed E-state index contributed by atoms with van der Waals surface area (Å²) >= 11 is 0. The first-order valence-electron chi connectivity index (χ1n) is 6.48. The average Bonchev–Trinajstić information content (AvgIpc) is 2.53. The maximum Gasteiger partial charge on any atom is 0.0537 e. The maximum atomic E-state index is 4.42. The summed E-state index contributed by atoms with van der Waals surface area (Å²) in [4.78, 5) is 0. The summed E-state index contributed by atoms with van der Waals surface area (Å²) in [6, 6.07) is 0. The predicted octanol–water partition coefficient (Wildman–Crippen LogP) is 2.58. The second kappa shape index (κ2) is 5.48. The topological polar surface area (TPSA) is 29.9 Å². The van der Waals surface area contributed by atoms with Gasteiger partial charge in [0, 0.05) is 30.8 Å². The van der Waals surface area contributed by atoms with Crippen LogP contribution in [0.5, 0.6) is 0 Å². The van der Waals surface area contributed by atoms with Crippen molar-refractivity contribution in [1.29, 1.82) is 0 Å². The van der Waals surface area contributed by atoms with Gasteiger partial charge in [-0.05, 0) is 19.9 Å². The van der Waals surface area contributed by atoms with Crippen LogP contribution in [0.4, 0.5) is 0 Å². The van der Waals surface area contributed by atoms with Crippen molar-refractivity contribution in [3.8, 4) is 0 Å². The minimum Gasteiger partial charge on any atom is -0.316 e. The Balaban J connectivity index is 2.19. The van der Waals surface area contributed by atoms with Crippen molar-refractivity contribution >= 4 is 0 Å². The Bertz CT molecular complexity index is 322. The number of rotatable bonds is 3. The summed E-state index contributed by atoms with van der Waals surface area (Å²) in [5.74, 6) is 0.735. The highest BCUT2D eigenvalue weighted by atomic mass is 15.3. The van der Waals surface area contributed by atoms with E-state index in [1.807, 2.05) is 13.2 Å². The van der Waals surface area contributed by atoms with Gasteiger partial charge in [0.15, 0.2) is 0 Å². The molecule has 1 aromatic heterocycles. The van der Waals surface area contributed by atoms with E-state index in [0.29, 0.717) is 0 Å². The molecule has 0 radical (unpaired) electrons. The van der Waals surface area contributed by atoms with E-state index in [-0.39, 0.29) is 0 Å². The van der Waals surface area contributed by atoms with Crippen molar-refractivity contribution in [2.24, 2.45) is 7.05 Å². The fraction of sp³-hybridized carbons (Fsp3) is 0.769. The van der Waals surface area contributed by atoms with Crippen LogP contribution in [0.2, 0.25) is 0 Å². The van der Waals surface area contributed by atoms with E-state index >= 15 is 0 Å². The molecule has 3 heteroatoms. The van der Waals surface area contributed by atoms with Gasteiger partial charge in [0.2, 0.25) is 0 Å². The summed E-state index contributed by atoms with van der Waals surface area (Å²) in [6.07, 6.45) is 10.3. The number of nitrogens with zero attached hydrogens (tertiary/aromatic N) is 2. The molecule has 2 rings (SSSR count). The zero-order valence-electron chi connectivity index (χ0n) is 10.5. The summed E-state index contributed by atoms with van der Waals surface area (Å²) in [5.41, 5.74) is 2.85. The van der Waals surface area contributed by atoms with Crippen LogP contribution in [0, 0.1) is 0 Å². The van der Waals surface area contributed by atoms with Crippen molar-refractivity contribution in [3.05, 3.63) is 17.5 Å². The van der Waals surface area contributed by atoms with Crippen LogP contribution in [0.1, 0.15) is 55.7 Å². The first-order chi connectivity index (χ1) is 7.83. The molecule has 1 saturated carbocycles. The van der Waals surface area contributed by atoms with Crippen molar-refractivity contribution in [2.45, 2.75) is 51.0 Å². The zero-order chi connectivity index (χ0) is 11.4. The van der Waals surface area contributed by atoms with Gasteiger partial charge < -0.3 is 5.32 Å². The predicted molar refractivity (Wildman–Crippen MR) is 66.4 cm³/mol. The van der Waals surface area contributed by atoms with E-state index in [9.17, 15) is 0 Å². The van der Waals surface area contributed by atoms with Gasteiger partial charge in [-0.25, -0.2) is 0 Å². The van der Waals surface area contributed by atoms with E-state index in [0.717, 1.165) is 12.5 Å². The van der Waals surface area contributed by atoms with Crippen molar-refractivity contribution in [1.82, 2.24) is 15.1 Å². The third-order valence-electron chi connectivity index (χ3n) is 3.67. The van der Waals surface area contributed by atoms with Gasteiger partial charge in [0.25, 0.3) is 0 Å². The molecule has 0 aliphatic heterocycles. The Morgan fingerprint density at radius 3 is 2.62 bits per heavy atom. The van der Waals surface area contributed by atoms with Crippen LogP contribution in [-0.4, -0.2) is 16.8 Å². The fourth-order valence-corrected chi connectivity index (χ4v) is 2.90. The standard InChI is InChI=1S/C13H23N3/c1-14-9-12-10-15-16(2)13(12)11-7-5-3-4-6-8-11/h10-11,14H,3-9H2,1-2H3. The van der Waals surface area contributed by atoms with Crippen LogP contribution >= 0.6 is 0 Å². The first-order valence-corrected chi connectivity index (χ1v) is 6.48. The lowest BCUT2D eigenvalue weighted by molar-refractivity contribution is 0.535. The summed E-state index contributed by atoms with van der Waals surface area (Å²) in [5, 5.41) is 7.66. The number of aryl methyl sites for hydroxylation is 1. The smallest absolute Gasteiger partial charge is 0.0537 e. The summed E-state index contributed by atoms with van der Waals surface area (Å²) in [6.45, 7) is 0.944. The normalized spacial score (nSPS) is 18.6. The molecule has 0 saturated heterocycles. The molecule has 16 heavy (non-hydrogen) atoms. The highest BCUT2D eigenvalue weighted by Crippen LogP contribution is 2.33. The fourth-order valence-electron chi connectivity index (χ4n) is 2.90. The van der Waals surface area contributed by atoms with Crippen molar-refractivity contribution < 1.29 is 0 Å². The molecule has 3 nitrogen and oxygen atoms in total. The molecule has 0 amide bonds. The van der Waals surface area contributed by atoms with Gasteiger partial charge >= 0.3 is 0 Å². The third kappa shape index (κ3) is 2.46. The van der Waals surface area contributed by atoms with Gasteiger partial charge in [0.05, 0.1) is 6.20 Å². The zero-order valence-corrected chi connectivity index (χ0v) is 10.5. The van der Waals surface area contributed by atoms with Gasteiger partial charge in [-0.3, -0.25) is 4.68 Å². The SMILES string of the molecule is CNCc1cnn(C)c1C1CCCCCC1. The summed E-state index contributed by atoms with van der Waals surface area (Å²) < 4.78 is 2.09. The largest absolute Gasteiger partial charge is 0.316 e. The van der Waals surface area contributed by atoms with E-state index in [1.54, 1.807) is 0 Å². The number of nitrogens with one attached hydrogen (secondary N) is 1. The molecule has 1 aliphatic rings. The van der Waals surface area contributed by atoms with E-state index < -0.39 is 0 Å². The minimum absolute atomic E-state index is 0.735. The molecule has 1 heterocycles. The second-order valence-corrected chi connectivity index (χ2v) is 4.90. The van der Waals surface area contributed by atoms with E-state index in [4.69, 9.17) is 0 Å². The van der Waals surface area contributed by atoms with Gasteiger partial charge in [-0.1, -0.05) is 25.7 Å². The molecule has 0 spiro atoms. The van der Waals surface area contributed by atoms with Crippen LogP contribution in [0.3, 0.4) is 0 Å². The lowest BCUT2D eigenvalue weighted by atomic mass is 9.94. The lowest BCUT2D eigenvalue weighted by Gasteiger charge is -2.16. The molecule has 1 N–H and O–H groups in total. The minimum atomic E-state index is 0.735. The quantitative estimate of drug-likeness (QED) is 0.795. The molecular weight excluding hydrogens is 198 g/mol. The van der Waals surface area contributed by atoms with Gasteiger partial charge in [-0.2, -0.15) is 5.10 Å². The highest BCUT2D eigenvalue weighted by Gasteiger charge is 2.20. The Hall–Kier alpha value is -0.830. The Morgan fingerprint density at radius 1 is 1.31 bits per heavy atom. The third-order valence-corrected chi connectivity index (χ3v) is 3.67.